The maximum atomic E-state index is 6.90. The molecule has 0 aliphatic rings. The third-order valence-electron chi connectivity index (χ3n) is 10.6. The lowest BCUT2D eigenvalue weighted by atomic mass is 9.98. The van der Waals surface area contributed by atoms with Gasteiger partial charge in [-0.05, 0) is 58.7 Å². The maximum Gasteiger partial charge on any atom is 0.167 e. The summed E-state index contributed by atoms with van der Waals surface area (Å²) in [5.74, 6) is 1.79. The number of hydrogen-bond donors (Lipinski definition) is 0. The average molecular weight is 717 g/mol. The van der Waals surface area contributed by atoms with Crippen LogP contribution < -0.4 is 0 Å². The van der Waals surface area contributed by atoms with Crippen LogP contribution in [0.15, 0.2) is 199 Å². The number of fused-ring (bicyclic) bond motifs is 6. The summed E-state index contributed by atoms with van der Waals surface area (Å²) >= 11 is 0. The van der Waals surface area contributed by atoms with E-state index in [1.165, 1.54) is 16.5 Å². The lowest BCUT2D eigenvalue weighted by molar-refractivity contribution is 0.670. The number of nitrogens with zero attached hydrogens (tertiary/aromatic N) is 4. The van der Waals surface area contributed by atoms with Gasteiger partial charge in [-0.3, -0.25) is 0 Å². The van der Waals surface area contributed by atoms with Crippen LogP contribution in [0.5, 0.6) is 0 Å². The Balaban J connectivity index is 1.15. The summed E-state index contributed by atoms with van der Waals surface area (Å²) in [4.78, 5) is 15.0. The Hall–Kier alpha value is -7.63. The largest absolute Gasteiger partial charge is 0.455 e. The van der Waals surface area contributed by atoms with Gasteiger partial charge in [-0.1, -0.05) is 152 Å². The normalized spacial score (nSPS) is 11.6. The number of para-hydroxylation sites is 2. The van der Waals surface area contributed by atoms with Crippen molar-refractivity contribution in [2.24, 2.45) is 0 Å². The van der Waals surface area contributed by atoms with Crippen LogP contribution in [0.1, 0.15) is 0 Å². The van der Waals surface area contributed by atoms with Crippen LogP contribution in [0.25, 0.3) is 106 Å². The van der Waals surface area contributed by atoms with Gasteiger partial charge in [0.2, 0.25) is 0 Å². The standard InChI is InChI=1S/C51H32N4O/c1-5-16-33(17-6-1)37-28-38(34-18-7-2-8-19-34)30-39(29-37)55-45-27-14-13-24-40(45)43-31-44-41-25-15-26-42(48(41)56-47(44)32-46(43)55)51-53-49(35-20-9-3-10-21-35)52-50(54-51)36-22-11-4-12-23-36/h1-32H. The first kappa shape index (κ1) is 31.9. The molecule has 3 aromatic heterocycles. The van der Waals surface area contributed by atoms with Gasteiger partial charge in [-0.25, -0.2) is 15.0 Å². The van der Waals surface area contributed by atoms with Gasteiger partial charge in [0.1, 0.15) is 11.2 Å². The molecule has 0 saturated carbocycles. The zero-order valence-corrected chi connectivity index (χ0v) is 30.2. The molecule has 56 heavy (non-hydrogen) atoms. The van der Waals surface area contributed by atoms with E-state index in [1.807, 2.05) is 66.7 Å². The molecule has 11 aromatic rings. The van der Waals surface area contributed by atoms with E-state index in [-0.39, 0.29) is 0 Å². The molecule has 0 aliphatic heterocycles. The zero-order valence-electron chi connectivity index (χ0n) is 30.2. The van der Waals surface area contributed by atoms with Gasteiger partial charge >= 0.3 is 0 Å². The van der Waals surface area contributed by atoms with E-state index in [1.54, 1.807) is 0 Å². The molecule has 0 aliphatic carbocycles. The molecule has 0 fully saturated rings. The molecule has 3 heterocycles. The fourth-order valence-corrected chi connectivity index (χ4v) is 7.98. The molecule has 0 amide bonds. The van der Waals surface area contributed by atoms with Crippen LogP contribution in [-0.4, -0.2) is 19.5 Å². The second kappa shape index (κ2) is 13.0. The highest BCUT2D eigenvalue weighted by atomic mass is 16.3. The summed E-state index contributed by atoms with van der Waals surface area (Å²) in [6.07, 6.45) is 0. The van der Waals surface area contributed by atoms with E-state index in [9.17, 15) is 0 Å². The summed E-state index contributed by atoms with van der Waals surface area (Å²) in [6.45, 7) is 0. The van der Waals surface area contributed by atoms with Crippen LogP contribution >= 0.6 is 0 Å². The smallest absolute Gasteiger partial charge is 0.167 e. The third kappa shape index (κ3) is 5.37. The SMILES string of the molecule is c1ccc(-c2cc(-c3ccccc3)cc(-n3c4ccccc4c4cc5c(cc43)oc3c(-c4nc(-c6ccccc6)nc(-c6ccccc6)n4)cccc35)c2)cc1. The Morgan fingerprint density at radius 3 is 1.46 bits per heavy atom. The molecule has 0 spiro atoms. The van der Waals surface area contributed by atoms with Crippen molar-refractivity contribution in [2.75, 3.05) is 0 Å². The van der Waals surface area contributed by atoms with Crippen LogP contribution in [0.3, 0.4) is 0 Å². The third-order valence-corrected chi connectivity index (χ3v) is 10.6. The highest BCUT2D eigenvalue weighted by Crippen LogP contribution is 2.42. The molecular formula is C51H32N4O. The van der Waals surface area contributed by atoms with Crippen molar-refractivity contribution in [2.45, 2.75) is 0 Å². The number of furan rings is 1. The van der Waals surface area contributed by atoms with Crippen molar-refractivity contribution in [3.8, 4) is 62.1 Å². The van der Waals surface area contributed by atoms with Gasteiger partial charge in [-0.2, -0.15) is 0 Å². The Morgan fingerprint density at radius 2 is 0.857 bits per heavy atom. The summed E-state index contributed by atoms with van der Waals surface area (Å²) in [5.41, 5.74) is 12.1. The number of hydrogen-bond acceptors (Lipinski definition) is 4. The fraction of sp³-hybridized carbons (Fsp3) is 0. The van der Waals surface area contributed by atoms with Gasteiger partial charge in [0.05, 0.1) is 16.6 Å². The van der Waals surface area contributed by atoms with Crippen LogP contribution in [0, 0.1) is 0 Å². The molecule has 0 atom stereocenters. The van der Waals surface area contributed by atoms with Crippen molar-refractivity contribution in [3.63, 3.8) is 0 Å². The van der Waals surface area contributed by atoms with Crippen molar-refractivity contribution < 1.29 is 4.42 Å². The van der Waals surface area contributed by atoms with Crippen LogP contribution in [0.4, 0.5) is 0 Å². The molecule has 0 N–H and O–H groups in total. The summed E-state index contributed by atoms with van der Waals surface area (Å²) in [6, 6.07) is 67.6. The average Bonchev–Trinajstić information content (AvgIpc) is 3.81. The van der Waals surface area contributed by atoms with Crippen molar-refractivity contribution >= 4 is 43.7 Å². The van der Waals surface area contributed by atoms with Gasteiger partial charge in [0.15, 0.2) is 17.5 Å². The minimum atomic E-state index is 0.563. The number of benzene rings is 8. The highest BCUT2D eigenvalue weighted by Gasteiger charge is 2.21. The fourth-order valence-electron chi connectivity index (χ4n) is 7.98. The van der Waals surface area contributed by atoms with Gasteiger partial charge in [-0.15, -0.1) is 0 Å². The topological polar surface area (TPSA) is 56.7 Å². The van der Waals surface area contributed by atoms with E-state index in [4.69, 9.17) is 19.4 Å². The summed E-state index contributed by atoms with van der Waals surface area (Å²) < 4.78 is 9.27. The monoisotopic (exact) mass is 716 g/mol. The second-order valence-electron chi connectivity index (χ2n) is 14.0. The molecule has 0 radical (unpaired) electrons. The predicted molar refractivity (Wildman–Crippen MR) is 229 cm³/mol. The highest BCUT2D eigenvalue weighted by molar-refractivity contribution is 6.18. The molecule has 0 bridgehead atoms. The Morgan fingerprint density at radius 1 is 0.339 bits per heavy atom. The van der Waals surface area contributed by atoms with E-state index >= 15 is 0 Å². The van der Waals surface area contributed by atoms with Gasteiger partial charge in [0.25, 0.3) is 0 Å². The lowest BCUT2D eigenvalue weighted by Gasteiger charge is -2.14. The first-order valence-electron chi connectivity index (χ1n) is 18.8. The number of aromatic nitrogens is 4. The molecule has 5 nitrogen and oxygen atoms in total. The predicted octanol–water partition coefficient (Wildman–Crippen LogP) is 13.2. The van der Waals surface area contributed by atoms with Crippen LogP contribution in [0.2, 0.25) is 0 Å². The lowest BCUT2D eigenvalue weighted by Crippen LogP contribution is -2.00. The van der Waals surface area contributed by atoms with E-state index < -0.39 is 0 Å². The zero-order chi connectivity index (χ0) is 37.0. The van der Waals surface area contributed by atoms with E-state index in [0.717, 1.165) is 71.9 Å². The molecular weight excluding hydrogens is 685 g/mol. The first-order valence-corrected chi connectivity index (χ1v) is 18.8. The Labute approximate surface area is 322 Å². The molecule has 5 heteroatoms. The van der Waals surface area contributed by atoms with E-state index in [0.29, 0.717) is 17.5 Å². The molecule has 0 unspecified atom stereocenters. The van der Waals surface area contributed by atoms with Crippen molar-refractivity contribution in [3.05, 3.63) is 194 Å². The summed E-state index contributed by atoms with van der Waals surface area (Å²) in [5, 5.41) is 4.39. The second-order valence-corrected chi connectivity index (χ2v) is 14.0. The molecule has 262 valence electrons. The Bertz CT molecular complexity index is 3110. The maximum absolute atomic E-state index is 6.90. The molecule has 8 aromatic carbocycles. The van der Waals surface area contributed by atoms with Crippen molar-refractivity contribution in [1.82, 2.24) is 19.5 Å². The molecule has 11 rings (SSSR count). The first-order chi connectivity index (χ1) is 27.7. The number of rotatable bonds is 6. The molecule has 0 saturated heterocycles. The van der Waals surface area contributed by atoms with Crippen LogP contribution in [-0.2, 0) is 0 Å². The minimum Gasteiger partial charge on any atom is -0.455 e. The quantitative estimate of drug-likeness (QED) is 0.172. The Kier molecular flexibility index (Phi) is 7.42. The summed E-state index contributed by atoms with van der Waals surface area (Å²) in [7, 11) is 0. The minimum absolute atomic E-state index is 0.563. The van der Waals surface area contributed by atoms with E-state index in [2.05, 4.69) is 132 Å². The van der Waals surface area contributed by atoms with Gasteiger partial charge in [0, 0.05) is 44.4 Å². The van der Waals surface area contributed by atoms with Gasteiger partial charge < -0.3 is 8.98 Å². The van der Waals surface area contributed by atoms with Crippen molar-refractivity contribution in [1.29, 1.82) is 0 Å².